The van der Waals surface area contributed by atoms with Crippen molar-refractivity contribution in [2.75, 3.05) is 7.11 Å². The van der Waals surface area contributed by atoms with Crippen LogP contribution in [0.2, 0.25) is 0 Å². The van der Waals surface area contributed by atoms with E-state index in [1.54, 1.807) is 0 Å². The van der Waals surface area contributed by atoms with E-state index in [-0.39, 0.29) is 17.1 Å². The first-order chi connectivity index (χ1) is 6.60. The fourth-order valence-electron chi connectivity index (χ4n) is 0.912. The van der Waals surface area contributed by atoms with Gasteiger partial charge < -0.3 is 4.74 Å². The predicted molar refractivity (Wildman–Crippen MR) is 53.9 cm³/mol. The van der Waals surface area contributed by atoms with E-state index < -0.39 is 6.43 Å². The monoisotopic (exact) mass is 313 g/mol. The first kappa shape index (κ1) is 11.3. The van der Waals surface area contributed by atoms with Gasteiger partial charge in [-0.15, -0.1) is 0 Å². The number of nitrogens with zero attached hydrogens (tertiary/aromatic N) is 1. The zero-order chi connectivity index (χ0) is 10.7. The lowest BCUT2D eigenvalue weighted by Crippen LogP contribution is -2.01. The molecule has 0 bridgehead atoms. The van der Waals surface area contributed by atoms with Crippen LogP contribution in [0.5, 0.6) is 5.88 Å². The number of carbonyl (C=O) groups is 1. The van der Waals surface area contributed by atoms with E-state index in [0.29, 0.717) is 9.86 Å². The highest BCUT2D eigenvalue weighted by Crippen LogP contribution is 2.27. The molecule has 0 saturated heterocycles. The van der Waals surface area contributed by atoms with Crippen LogP contribution in [0.1, 0.15) is 22.5 Å². The molecule has 0 spiro atoms. The second-order valence-electron chi connectivity index (χ2n) is 2.37. The van der Waals surface area contributed by atoms with Crippen LogP contribution in [0.25, 0.3) is 0 Å². The lowest BCUT2D eigenvalue weighted by atomic mass is 10.2. The van der Waals surface area contributed by atoms with Gasteiger partial charge in [0.25, 0.3) is 6.43 Å². The number of carbonyl (C=O) groups excluding carboxylic acids is 1. The summed E-state index contributed by atoms with van der Waals surface area (Å²) in [6.45, 7) is 0. The highest BCUT2D eigenvalue weighted by atomic mass is 127. The summed E-state index contributed by atoms with van der Waals surface area (Å²) in [5, 5.41) is 0. The third-order valence-electron chi connectivity index (χ3n) is 1.54. The zero-order valence-electron chi connectivity index (χ0n) is 7.13. The summed E-state index contributed by atoms with van der Waals surface area (Å²) in [7, 11) is 1.36. The average Bonchev–Trinajstić information content (AvgIpc) is 2.17. The Kier molecular flexibility index (Phi) is 3.73. The third kappa shape index (κ3) is 2.17. The number of ether oxygens (including phenoxy) is 1. The summed E-state index contributed by atoms with van der Waals surface area (Å²) in [6.07, 6.45) is -2.41. The third-order valence-corrected chi connectivity index (χ3v) is 2.32. The number of aldehydes is 1. The number of alkyl halides is 2. The Hall–Kier alpha value is -0.790. The lowest BCUT2D eigenvalue weighted by molar-refractivity contribution is 0.110. The Labute approximate surface area is 92.6 Å². The van der Waals surface area contributed by atoms with E-state index in [0.717, 1.165) is 0 Å². The molecule has 1 aromatic rings. The van der Waals surface area contributed by atoms with Crippen LogP contribution in [-0.2, 0) is 0 Å². The number of rotatable bonds is 3. The van der Waals surface area contributed by atoms with Crippen molar-refractivity contribution in [3.05, 3.63) is 20.9 Å². The van der Waals surface area contributed by atoms with Gasteiger partial charge in [0, 0.05) is 5.56 Å². The van der Waals surface area contributed by atoms with E-state index in [1.165, 1.54) is 13.2 Å². The molecule has 1 heterocycles. The Morgan fingerprint density at radius 2 is 2.29 bits per heavy atom. The molecule has 6 heteroatoms. The summed E-state index contributed by atoms with van der Waals surface area (Å²) in [5.74, 6) is 0.178. The minimum absolute atomic E-state index is 0.178. The molecule has 1 rings (SSSR count). The van der Waals surface area contributed by atoms with Gasteiger partial charge in [-0.3, -0.25) is 4.79 Å². The molecule has 3 nitrogen and oxygen atoms in total. The van der Waals surface area contributed by atoms with Gasteiger partial charge in [-0.05, 0) is 28.7 Å². The topological polar surface area (TPSA) is 39.2 Å². The molecular formula is C8H6F2INO2. The van der Waals surface area contributed by atoms with E-state index >= 15 is 0 Å². The first-order valence-electron chi connectivity index (χ1n) is 3.58. The predicted octanol–water partition coefficient (Wildman–Crippen LogP) is 2.44. The SMILES string of the molecule is COc1nc(C=O)c(C(F)F)cc1I. The van der Waals surface area contributed by atoms with Gasteiger partial charge in [-0.1, -0.05) is 0 Å². The molecule has 0 aliphatic heterocycles. The van der Waals surface area contributed by atoms with Crippen molar-refractivity contribution in [3.8, 4) is 5.88 Å². The molecule has 0 radical (unpaired) electrons. The molecule has 0 N–H and O–H groups in total. The van der Waals surface area contributed by atoms with Gasteiger partial charge >= 0.3 is 0 Å². The van der Waals surface area contributed by atoms with Crippen LogP contribution in [0.15, 0.2) is 6.07 Å². The number of aromatic nitrogens is 1. The summed E-state index contributed by atoms with van der Waals surface area (Å²) in [5.41, 5.74) is -0.650. The summed E-state index contributed by atoms with van der Waals surface area (Å²) in [6, 6.07) is 1.20. The fourth-order valence-corrected chi connectivity index (χ4v) is 1.59. The average molecular weight is 313 g/mol. The van der Waals surface area contributed by atoms with Crippen LogP contribution in [0.4, 0.5) is 8.78 Å². The molecule has 0 aromatic carbocycles. The molecule has 0 saturated carbocycles. The lowest BCUT2D eigenvalue weighted by Gasteiger charge is -2.07. The zero-order valence-corrected chi connectivity index (χ0v) is 9.29. The number of pyridine rings is 1. The van der Waals surface area contributed by atoms with Crippen molar-refractivity contribution in [1.29, 1.82) is 0 Å². The largest absolute Gasteiger partial charge is 0.480 e. The maximum absolute atomic E-state index is 12.4. The van der Waals surface area contributed by atoms with Crippen LogP contribution in [0.3, 0.4) is 0 Å². The van der Waals surface area contributed by atoms with Crippen LogP contribution in [-0.4, -0.2) is 18.4 Å². The first-order valence-corrected chi connectivity index (χ1v) is 4.65. The summed E-state index contributed by atoms with van der Waals surface area (Å²) in [4.78, 5) is 14.1. The Balaban J connectivity index is 3.31. The normalized spacial score (nSPS) is 10.4. The summed E-state index contributed by atoms with van der Waals surface area (Å²) >= 11 is 1.82. The van der Waals surface area contributed by atoms with Gasteiger partial charge in [0.2, 0.25) is 5.88 Å². The van der Waals surface area contributed by atoms with Crippen LogP contribution >= 0.6 is 22.6 Å². The molecule has 0 fully saturated rings. The summed E-state index contributed by atoms with van der Waals surface area (Å²) < 4.78 is 30.0. The maximum atomic E-state index is 12.4. The maximum Gasteiger partial charge on any atom is 0.266 e. The molecule has 0 aliphatic carbocycles. The minimum Gasteiger partial charge on any atom is -0.480 e. The molecule has 0 atom stereocenters. The van der Waals surface area contributed by atoms with Crippen LogP contribution < -0.4 is 4.74 Å². The quantitative estimate of drug-likeness (QED) is 0.635. The van der Waals surface area contributed by atoms with Crippen molar-refractivity contribution in [2.45, 2.75) is 6.43 Å². The van der Waals surface area contributed by atoms with Crippen molar-refractivity contribution < 1.29 is 18.3 Å². The number of methoxy groups -OCH3 is 1. The van der Waals surface area contributed by atoms with Crippen molar-refractivity contribution in [1.82, 2.24) is 4.98 Å². The molecular weight excluding hydrogens is 307 g/mol. The fraction of sp³-hybridized carbons (Fsp3) is 0.250. The van der Waals surface area contributed by atoms with Crippen molar-refractivity contribution >= 4 is 28.9 Å². The number of hydrogen-bond donors (Lipinski definition) is 0. The molecule has 0 unspecified atom stereocenters. The minimum atomic E-state index is -2.71. The Bertz CT molecular complexity index is 357. The molecule has 76 valence electrons. The number of halogens is 3. The Morgan fingerprint density at radius 1 is 1.64 bits per heavy atom. The van der Waals surface area contributed by atoms with Gasteiger partial charge in [0.05, 0.1) is 10.7 Å². The highest BCUT2D eigenvalue weighted by Gasteiger charge is 2.17. The van der Waals surface area contributed by atoms with Gasteiger partial charge in [-0.2, -0.15) is 0 Å². The van der Waals surface area contributed by atoms with Crippen molar-refractivity contribution in [3.63, 3.8) is 0 Å². The smallest absolute Gasteiger partial charge is 0.266 e. The van der Waals surface area contributed by atoms with Gasteiger partial charge in [0.15, 0.2) is 6.29 Å². The molecule has 1 aromatic heterocycles. The van der Waals surface area contributed by atoms with E-state index in [4.69, 9.17) is 4.74 Å². The van der Waals surface area contributed by atoms with Crippen molar-refractivity contribution in [2.24, 2.45) is 0 Å². The van der Waals surface area contributed by atoms with Crippen LogP contribution in [0, 0.1) is 3.57 Å². The van der Waals surface area contributed by atoms with E-state index in [1.807, 2.05) is 22.6 Å². The second kappa shape index (κ2) is 4.63. The second-order valence-corrected chi connectivity index (χ2v) is 3.53. The van der Waals surface area contributed by atoms with E-state index in [9.17, 15) is 13.6 Å². The number of hydrogen-bond acceptors (Lipinski definition) is 3. The molecule has 0 amide bonds. The van der Waals surface area contributed by atoms with Gasteiger partial charge in [-0.25, -0.2) is 13.8 Å². The van der Waals surface area contributed by atoms with E-state index in [2.05, 4.69) is 4.98 Å². The standard InChI is InChI=1S/C8H6F2INO2/c1-14-8-5(11)2-4(7(9)10)6(3-13)12-8/h2-3,7H,1H3. The van der Waals surface area contributed by atoms with Gasteiger partial charge in [0.1, 0.15) is 5.69 Å². The molecule has 14 heavy (non-hydrogen) atoms. The highest BCUT2D eigenvalue weighted by molar-refractivity contribution is 14.1. The Morgan fingerprint density at radius 3 is 2.71 bits per heavy atom. The molecule has 0 aliphatic rings.